The number of piperazine rings is 1. The van der Waals surface area contributed by atoms with Crippen molar-refractivity contribution in [2.75, 3.05) is 44.8 Å². The number of hydrogen-bond donors (Lipinski definition) is 1. The smallest absolute Gasteiger partial charge is 0.242 e. The molecule has 4 rings (SSSR count). The van der Waals surface area contributed by atoms with Crippen LogP contribution in [-0.4, -0.2) is 65.5 Å². The van der Waals surface area contributed by atoms with Crippen LogP contribution in [0.15, 0.2) is 48.5 Å². The minimum atomic E-state index is 0.0226. The van der Waals surface area contributed by atoms with Crippen molar-refractivity contribution in [2.24, 2.45) is 0 Å². The van der Waals surface area contributed by atoms with Crippen LogP contribution in [0.2, 0.25) is 0 Å². The Morgan fingerprint density at radius 3 is 2.50 bits per heavy atom. The summed E-state index contributed by atoms with van der Waals surface area (Å²) >= 11 is 5.40. The van der Waals surface area contributed by atoms with Crippen molar-refractivity contribution in [1.29, 1.82) is 0 Å². The highest BCUT2D eigenvalue weighted by atomic mass is 32.1. The number of anilines is 1. The minimum Gasteiger partial charge on any atom is -0.495 e. The molecular weight excluding hydrogens is 426 g/mol. The first-order valence-electron chi connectivity index (χ1n) is 10.6. The lowest BCUT2D eigenvalue weighted by Gasteiger charge is -2.36. The lowest BCUT2D eigenvalue weighted by Crippen LogP contribution is -2.49. The van der Waals surface area contributed by atoms with Crippen LogP contribution in [0, 0.1) is 4.77 Å². The van der Waals surface area contributed by atoms with Crippen molar-refractivity contribution in [1.82, 2.24) is 19.7 Å². The summed E-state index contributed by atoms with van der Waals surface area (Å²) in [5.41, 5.74) is 1.92. The fraction of sp³-hybridized carbons (Fsp3) is 0.348. The molecule has 8 nitrogen and oxygen atoms in total. The van der Waals surface area contributed by atoms with Gasteiger partial charge in [0.1, 0.15) is 18.0 Å². The van der Waals surface area contributed by atoms with Gasteiger partial charge in [0.25, 0.3) is 0 Å². The highest BCUT2D eigenvalue weighted by molar-refractivity contribution is 7.71. The number of benzene rings is 2. The Morgan fingerprint density at radius 1 is 1.09 bits per heavy atom. The van der Waals surface area contributed by atoms with Gasteiger partial charge in [0.2, 0.25) is 5.91 Å². The molecular formula is C23H27N5O3S. The molecule has 1 saturated heterocycles. The van der Waals surface area contributed by atoms with Crippen LogP contribution in [0.1, 0.15) is 6.92 Å². The maximum absolute atomic E-state index is 13.1. The van der Waals surface area contributed by atoms with Crippen LogP contribution in [-0.2, 0) is 11.3 Å². The van der Waals surface area contributed by atoms with Crippen molar-refractivity contribution in [2.45, 2.75) is 13.5 Å². The molecule has 32 heavy (non-hydrogen) atoms. The molecule has 0 bridgehead atoms. The van der Waals surface area contributed by atoms with E-state index in [0.717, 1.165) is 35.8 Å². The molecule has 1 aliphatic rings. The Bertz CT molecular complexity index is 1120. The van der Waals surface area contributed by atoms with E-state index in [2.05, 4.69) is 15.1 Å². The number of nitrogens with one attached hydrogen (secondary N) is 1. The SMILES string of the molecule is CCOc1ccc(-c2n[nH]c(=S)n2CC(=O)N2CCN(c3ccccc3OC)CC2)cc1. The van der Waals surface area contributed by atoms with Crippen molar-refractivity contribution in [3.8, 4) is 22.9 Å². The zero-order valence-electron chi connectivity index (χ0n) is 18.3. The summed E-state index contributed by atoms with van der Waals surface area (Å²) in [6.07, 6.45) is 0. The lowest BCUT2D eigenvalue weighted by molar-refractivity contribution is -0.132. The van der Waals surface area contributed by atoms with Gasteiger partial charge in [0.05, 0.1) is 19.4 Å². The Hall–Kier alpha value is -3.33. The number of aromatic amines is 1. The van der Waals surface area contributed by atoms with Crippen LogP contribution in [0.4, 0.5) is 5.69 Å². The number of nitrogens with zero attached hydrogens (tertiary/aromatic N) is 4. The number of methoxy groups -OCH3 is 1. The van der Waals surface area contributed by atoms with Gasteiger partial charge in [-0.15, -0.1) is 0 Å². The maximum Gasteiger partial charge on any atom is 0.242 e. The largest absolute Gasteiger partial charge is 0.495 e. The van der Waals surface area contributed by atoms with Crippen LogP contribution in [0.25, 0.3) is 11.4 Å². The second-order valence-corrected chi connectivity index (χ2v) is 7.82. The van der Waals surface area contributed by atoms with Crippen LogP contribution >= 0.6 is 12.2 Å². The first-order valence-corrected chi connectivity index (χ1v) is 11.1. The monoisotopic (exact) mass is 453 g/mol. The number of rotatable bonds is 7. The predicted molar refractivity (Wildman–Crippen MR) is 126 cm³/mol. The summed E-state index contributed by atoms with van der Waals surface area (Å²) in [7, 11) is 1.68. The molecule has 0 saturated carbocycles. The molecule has 0 radical (unpaired) electrons. The number of carbonyl (C=O) groups excluding carboxylic acids is 1. The quantitative estimate of drug-likeness (QED) is 0.553. The topological polar surface area (TPSA) is 75.6 Å². The lowest BCUT2D eigenvalue weighted by atomic mass is 10.2. The van der Waals surface area contributed by atoms with Crippen LogP contribution < -0.4 is 14.4 Å². The number of ether oxygens (including phenoxy) is 2. The molecule has 0 spiro atoms. The van der Waals surface area contributed by atoms with E-state index >= 15 is 0 Å². The van der Waals surface area contributed by atoms with Gasteiger partial charge in [-0.05, 0) is 55.5 Å². The third-order valence-corrected chi connectivity index (χ3v) is 5.85. The Kier molecular flexibility index (Phi) is 6.75. The standard InChI is InChI=1S/C23H27N5O3S/c1-3-31-18-10-8-17(9-11-18)22-24-25-23(32)28(22)16-21(29)27-14-12-26(13-15-27)19-6-4-5-7-20(19)30-2/h4-11H,3,12-16H2,1-2H3,(H,25,32). The van der Waals surface area contributed by atoms with Gasteiger partial charge >= 0.3 is 0 Å². The van der Waals surface area contributed by atoms with E-state index in [4.69, 9.17) is 21.7 Å². The first-order chi connectivity index (χ1) is 15.6. The molecule has 1 aromatic heterocycles. The molecule has 2 aromatic carbocycles. The fourth-order valence-electron chi connectivity index (χ4n) is 3.87. The molecule has 9 heteroatoms. The third kappa shape index (κ3) is 4.62. The summed E-state index contributed by atoms with van der Waals surface area (Å²) in [5.74, 6) is 2.30. The van der Waals surface area contributed by atoms with E-state index in [1.807, 2.05) is 60.4 Å². The van der Waals surface area contributed by atoms with Gasteiger partial charge in [-0.25, -0.2) is 0 Å². The summed E-state index contributed by atoms with van der Waals surface area (Å²) in [6.45, 7) is 5.47. The average molecular weight is 454 g/mol. The van der Waals surface area contributed by atoms with Crippen molar-refractivity contribution >= 4 is 23.8 Å². The third-order valence-electron chi connectivity index (χ3n) is 5.53. The first kappa shape index (κ1) is 21.9. The van der Waals surface area contributed by atoms with Crippen molar-refractivity contribution < 1.29 is 14.3 Å². The van der Waals surface area contributed by atoms with Gasteiger partial charge in [-0.2, -0.15) is 5.10 Å². The second-order valence-electron chi connectivity index (χ2n) is 7.44. The molecule has 2 heterocycles. The molecule has 3 aromatic rings. The maximum atomic E-state index is 13.1. The van der Waals surface area contributed by atoms with Gasteiger partial charge in [0, 0.05) is 31.7 Å². The molecule has 168 valence electrons. The van der Waals surface area contributed by atoms with E-state index in [9.17, 15) is 4.79 Å². The second kappa shape index (κ2) is 9.86. The molecule has 1 amide bonds. The van der Waals surface area contributed by atoms with E-state index < -0.39 is 0 Å². The summed E-state index contributed by atoms with van der Waals surface area (Å²) in [5, 5.41) is 7.16. The number of carbonyl (C=O) groups is 1. The number of amides is 1. The zero-order chi connectivity index (χ0) is 22.5. The van der Waals surface area contributed by atoms with Gasteiger partial charge in [0.15, 0.2) is 10.6 Å². The summed E-state index contributed by atoms with van der Waals surface area (Å²) < 4.78 is 13.2. The van der Waals surface area contributed by atoms with E-state index in [-0.39, 0.29) is 12.5 Å². The van der Waals surface area contributed by atoms with E-state index in [0.29, 0.717) is 30.3 Å². The van der Waals surface area contributed by atoms with Gasteiger partial charge in [-0.3, -0.25) is 14.5 Å². The fourth-order valence-corrected chi connectivity index (χ4v) is 4.07. The van der Waals surface area contributed by atoms with Crippen LogP contribution in [0.3, 0.4) is 0 Å². The highest BCUT2D eigenvalue weighted by Crippen LogP contribution is 2.28. The number of hydrogen-bond acceptors (Lipinski definition) is 6. The molecule has 1 aliphatic heterocycles. The average Bonchev–Trinajstić information content (AvgIpc) is 3.19. The summed E-state index contributed by atoms with van der Waals surface area (Å²) in [6, 6.07) is 15.6. The number of aromatic nitrogens is 3. The highest BCUT2D eigenvalue weighted by Gasteiger charge is 2.24. The Balaban J connectivity index is 1.43. The molecule has 0 atom stereocenters. The zero-order valence-corrected chi connectivity index (χ0v) is 19.1. The van der Waals surface area contributed by atoms with Crippen molar-refractivity contribution in [3.63, 3.8) is 0 Å². The van der Waals surface area contributed by atoms with Gasteiger partial charge < -0.3 is 19.3 Å². The Morgan fingerprint density at radius 2 is 1.81 bits per heavy atom. The van der Waals surface area contributed by atoms with Crippen LogP contribution in [0.5, 0.6) is 11.5 Å². The minimum absolute atomic E-state index is 0.0226. The van der Waals surface area contributed by atoms with Gasteiger partial charge in [-0.1, -0.05) is 12.1 Å². The number of para-hydroxylation sites is 2. The molecule has 0 aliphatic carbocycles. The molecule has 1 N–H and O–H groups in total. The Labute approximate surface area is 192 Å². The van der Waals surface area contributed by atoms with Crippen molar-refractivity contribution in [3.05, 3.63) is 53.3 Å². The normalized spacial score (nSPS) is 13.8. The predicted octanol–water partition coefficient (Wildman–Crippen LogP) is 3.36. The molecule has 1 fully saturated rings. The number of H-pyrrole nitrogens is 1. The van der Waals surface area contributed by atoms with E-state index in [1.54, 1.807) is 11.7 Å². The van der Waals surface area contributed by atoms with E-state index in [1.165, 1.54) is 0 Å². The molecule has 0 unspecified atom stereocenters. The summed E-state index contributed by atoms with van der Waals surface area (Å²) in [4.78, 5) is 17.2.